The lowest BCUT2D eigenvalue weighted by molar-refractivity contribution is -0.141. The molecule has 0 saturated carbocycles. The van der Waals surface area contributed by atoms with Gasteiger partial charge in [0.1, 0.15) is 6.61 Å². The van der Waals surface area contributed by atoms with Crippen LogP contribution in [0.4, 0.5) is 0 Å². The maximum absolute atomic E-state index is 11.8. The van der Waals surface area contributed by atoms with E-state index in [0.717, 1.165) is 21.5 Å². The molecule has 110 valence electrons. The van der Waals surface area contributed by atoms with E-state index >= 15 is 0 Å². The van der Waals surface area contributed by atoms with Crippen molar-refractivity contribution in [3.8, 4) is 0 Å². The molecule has 3 rings (SSSR count). The molecular weight excluding hydrogens is 294 g/mol. The number of pyridine rings is 1. The highest BCUT2D eigenvalue weighted by Crippen LogP contribution is 2.20. The number of para-hydroxylation sites is 1. The standard InChI is InChI=1S/C18H15NO2S/c20-18(21-12-14-6-2-1-3-7-14)13-22-17-11-10-15-8-4-5-9-16(15)19-17/h1-11H,12-13H2. The molecule has 4 heteroatoms. The molecule has 3 aromatic rings. The molecule has 0 bridgehead atoms. The quantitative estimate of drug-likeness (QED) is 0.526. The number of carbonyl (C=O) groups is 1. The average molecular weight is 309 g/mol. The number of aromatic nitrogens is 1. The lowest BCUT2D eigenvalue weighted by atomic mass is 10.2. The van der Waals surface area contributed by atoms with Gasteiger partial charge in [0.2, 0.25) is 0 Å². The lowest BCUT2D eigenvalue weighted by Crippen LogP contribution is -2.07. The molecule has 0 fully saturated rings. The van der Waals surface area contributed by atoms with Crippen LogP contribution >= 0.6 is 11.8 Å². The van der Waals surface area contributed by atoms with Gasteiger partial charge < -0.3 is 4.74 Å². The molecule has 3 nitrogen and oxygen atoms in total. The number of esters is 1. The third-order valence-corrected chi connectivity index (χ3v) is 4.06. The molecule has 1 heterocycles. The summed E-state index contributed by atoms with van der Waals surface area (Å²) in [7, 11) is 0. The fourth-order valence-electron chi connectivity index (χ4n) is 2.04. The van der Waals surface area contributed by atoms with Gasteiger partial charge in [-0.2, -0.15) is 0 Å². The first kappa shape index (κ1) is 14.6. The van der Waals surface area contributed by atoms with Crippen molar-refractivity contribution in [2.75, 3.05) is 5.75 Å². The van der Waals surface area contributed by atoms with Gasteiger partial charge in [-0.15, -0.1) is 0 Å². The van der Waals surface area contributed by atoms with Crippen LogP contribution in [0.3, 0.4) is 0 Å². The maximum Gasteiger partial charge on any atom is 0.316 e. The van der Waals surface area contributed by atoms with Crippen LogP contribution in [0.2, 0.25) is 0 Å². The smallest absolute Gasteiger partial charge is 0.316 e. The monoisotopic (exact) mass is 309 g/mol. The Balaban J connectivity index is 1.53. The van der Waals surface area contributed by atoms with Crippen molar-refractivity contribution in [2.24, 2.45) is 0 Å². The number of nitrogens with zero attached hydrogens (tertiary/aromatic N) is 1. The van der Waals surface area contributed by atoms with Gasteiger partial charge in [-0.3, -0.25) is 4.79 Å². The Morgan fingerprint density at radius 1 is 0.955 bits per heavy atom. The van der Waals surface area contributed by atoms with E-state index in [1.807, 2.05) is 66.7 Å². The minimum Gasteiger partial charge on any atom is -0.460 e. The van der Waals surface area contributed by atoms with E-state index in [-0.39, 0.29) is 11.7 Å². The zero-order valence-corrected chi connectivity index (χ0v) is 12.8. The van der Waals surface area contributed by atoms with Crippen molar-refractivity contribution >= 4 is 28.6 Å². The SMILES string of the molecule is O=C(CSc1ccc2ccccc2n1)OCc1ccccc1. The predicted molar refractivity (Wildman–Crippen MR) is 88.7 cm³/mol. The van der Waals surface area contributed by atoms with Crippen LogP contribution in [0.5, 0.6) is 0 Å². The predicted octanol–water partition coefficient (Wildman–Crippen LogP) is 4.07. The van der Waals surface area contributed by atoms with E-state index in [9.17, 15) is 4.79 Å². The van der Waals surface area contributed by atoms with Crippen LogP contribution in [0.1, 0.15) is 5.56 Å². The fraction of sp³-hybridized carbons (Fsp3) is 0.111. The number of ether oxygens (including phenoxy) is 1. The van der Waals surface area contributed by atoms with Gasteiger partial charge in [0.05, 0.1) is 16.3 Å². The lowest BCUT2D eigenvalue weighted by Gasteiger charge is -2.05. The molecule has 0 spiro atoms. The summed E-state index contributed by atoms with van der Waals surface area (Å²) in [5, 5.41) is 1.92. The molecule has 0 aliphatic heterocycles. The highest BCUT2D eigenvalue weighted by atomic mass is 32.2. The van der Waals surface area contributed by atoms with Crippen molar-refractivity contribution in [2.45, 2.75) is 11.6 Å². The largest absolute Gasteiger partial charge is 0.460 e. The fourth-order valence-corrected chi connectivity index (χ4v) is 2.72. The second kappa shape index (κ2) is 7.09. The molecule has 22 heavy (non-hydrogen) atoms. The molecule has 0 saturated heterocycles. The summed E-state index contributed by atoms with van der Waals surface area (Å²) in [6.07, 6.45) is 0. The maximum atomic E-state index is 11.8. The van der Waals surface area contributed by atoms with E-state index in [4.69, 9.17) is 4.74 Å². The highest BCUT2D eigenvalue weighted by Gasteiger charge is 2.06. The summed E-state index contributed by atoms with van der Waals surface area (Å²) < 4.78 is 5.25. The summed E-state index contributed by atoms with van der Waals surface area (Å²) in [6, 6.07) is 21.5. The van der Waals surface area contributed by atoms with Crippen molar-refractivity contribution in [1.82, 2.24) is 4.98 Å². The summed E-state index contributed by atoms with van der Waals surface area (Å²) in [6.45, 7) is 0.311. The Morgan fingerprint density at radius 3 is 2.59 bits per heavy atom. The molecule has 0 N–H and O–H groups in total. The molecule has 0 unspecified atom stereocenters. The number of carbonyl (C=O) groups excluding carboxylic acids is 1. The third-order valence-electron chi connectivity index (χ3n) is 3.15. The molecule has 0 atom stereocenters. The number of fused-ring (bicyclic) bond motifs is 1. The number of hydrogen-bond acceptors (Lipinski definition) is 4. The summed E-state index contributed by atoms with van der Waals surface area (Å²) >= 11 is 1.39. The van der Waals surface area contributed by atoms with Gasteiger partial charge in [0.15, 0.2) is 0 Å². The molecule has 0 radical (unpaired) electrons. The van der Waals surface area contributed by atoms with E-state index in [0.29, 0.717) is 6.61 Å². The van der Waals surface area contributed by atoms with Crippen LogP contribution in [0.15, 0.2) is 71.8 Å². The average Bonchev–Trinajstić information content (AvgIpc) is 2.59. The Morgan fingerprint density at radius 2 is 1.73 bits per heavy atom. The third kappa shape index (κ3) is 3.86. The first-order chi connectivity index (χ1) is 10.8. The summed E-state index contributed by atoms with van der Waals surface area (Å²) in [5.41, 5.74) is 1.93. The Hall–Kier alpha value is -2.33. The van der Waals surface area contributed by atoms with Gasteiger partial charge in [-0.1, -0.05) is 66.4 Å². The van der Waals surface area contributed by atoms with Gasteiger partial charge in [-0.05, 0) is 17.7 Å². The van der Waals surface area contributed by atoms with Crippen molar-refractivity contribution in [3.63, 3.8) is 0 Å². The first-order valence-corrected chi connectivity index (χ1v) is 7.98. The van der Waals surface area contributed by atoms with Gasteiger partial charge >= 0.3 is 5.97 Å². The van der Waals surface area contributed by atoms with E-state index < -0.39 is 0 Å². The highest BCUT2D eigenvalue weighted by molar-refractivity contribution is 7.99. The second-order valence-electron chi connectivity index (χ2n) is 4.78. The van der Waals surface area contributed by atoms with Crippen LogP contribution in [-0.4, -0.2) is 16.7 Å². The molecule has 1 aromatic heterocycles. The zero-order valence-electron chi connectivity index (χ0n) is 11.9. The number of rotatable bonds is 5. The second-order valence-corrected chi connectivity index (χ2v) is 5.77. The molecular formula is C18H15NO2S. The number of hydrogen-bond donors (Lipinski definition) is 0. The van der Waals surface area contributed by atoms with Crippen LogP contribution in [0, 0.1) is 0 Å². The molecule has 2 aromatic carbocycles. The normalized spacial score (nSPS) is 10.5. The van der Waals surface area contributed by atoms with Crippen molar-refractivity contribution in [3.05, 3.63) is 72.3 Å². The summed E-state index contributed by atoms with van der Waals surface area (Å²) in [4.78, 5) is 16.3. The van der Waals surface area contributed by atoms with Crippen molar-refractivity contribution in [1.29, 1.82) is 0 Å². The van der Waals surface area contributed by atoms with E-state index in [2.05, 4.69) is 4.98 Å². The first-order valence-electron chi connectivity index (χ1n) is 6.99. The molecule has 0 amide bonds. The van der Waals surface area contributed by atoms with E-state index in [1.165, 1.54) is 11.8 Å². The van der Waals surface area contributed by atoms with Gasteiger partial charge in [-0.25, -0.2) is 4.98 Å². The Kier molecular flexibility index (Phi) is 4.71. The van der Waals surface area contributed by atoms with Crippen LogP contribution in [-0.2, 0) is 16.1 Å². The summed E-state index contributed by atoms with van der Waals surface area (Å²) in [5.74, 6) is 0.0295. The van der Waals surface area contributed by atoms with Crippen LogP contribution in [0.25, 0.3) is 10.9 Å². The Labute approximate surface area is 133 Å². The molecule has 0 aliphatic rings. The zero-order chi connectivity index (χ0) is 15.2. The van der Waals surface area contributed by atoms with E-state index in [1.54, 1.807) is 0 Å². The number of thioether (sulfide) groups is 1. The molecule has 0 aliphatic carbocycles. The minimum atomic E-state index is -0.233. The van der Waals surface area contributed by atoms with Gasteiger partial charge in [0.25, 0.3) is 0 Å². The minimum absolute atomic E-state index is 0.233. The van der Waals surface area contributed by atoms with Gasteiger partial charge in [0, 0.05) is 5.39 Å². The number of benzene rings is 2. The topological polar surface area (TPSA) is 39.2 Å². The van der Waals surface area contributed by atoms with Crippen molar-refractivity contribution < 1.29 is 9.53 Å². The Bertz CT molecular complexity index is 774. The van der Waals surface area contributed by atoms with Crippen LogP contribution < -0.4 is 0 Å².